The highest BCUT2D eigenvalue weighted by atomic mass is 16.5. The van der Waals surface area contributed by atoms with Gasteiger partial charge in [-0.25, -0.2) is 9.78 Å². The molecule has 1 N–H and O–H groups in total. The van der Waals surface area contributed by atoms with Gasteiger partial charge >= 0.3 is 6.09 Å². The molecule has 1 fully saturated rings. The van der Waals surface area contributed by atoms with Crippen molar-refractivity contribution in [2.24, 2.45) is 0 Å². The number of imidazole rings is 1. The standard InChI is InChI=1S/C16H21N3O2.C7H4.CH4/c1-2-21-16(20)18-12-8-9-15-14(10-12)17-11-19(15)13-6-4-3-5-7-13;1-3-5-7-6-4-2;/h8-11,13H,2-7H2,1H3,(H,18,20);1-2H2;1H4. The van der Waals surface area contributed by atoms with Crippen LogP contribution >= 0.6 is 0 Å². The van der Waals surface area contributed by atoms with E-state index in [2.05, 4.69) is 56.7 Å². The van der Waals surface area contributed by atoms with Gasteiger partial charge in [0.15, 0.2) is 0 Å². The Bertz CT molecular complexity index is 962. The smallest absolute Gasteiger partial charge is 0.411 e. The summed E-state index contributed by atoms with van der Waals surface area (Å²) in [5.74, 6) is 0. The fraction of sp³-hybridized carbons (Fsp3) is 0.375. The molecular weight excluding hydrogens is 362 g/mol. The molecule has 0 atom stereocenters. The summed E-state index contributed by atoms with van der Waals surface area (Å²) in [5, 5.41) is 2.71. The highest BCUT2D eigenvalue weighted by Crippen LogP contribution is 2.31. The number of aromatic nitrogens is 2. The van der Waals surface area contributed by atoms with Crippen molar-refractivity contribution < 1.29 is 9.53 Å². The third-order valence-electron chi connectivity index (χ3n) is 4.37. The number of carbonyl (C=O) groups is 1. The number of rotatable bonds is 3. The summed E-state index contributed by atoms with van der Waals surface area (Å²) >= 11 is 0. The fourth-order valence-corrected chi connectivity index (χ4v) is 3.16. The van der Waals surface area contributed by atoms with Crippen LogP contribution in [0.2, 0.25) is 0 Å². The van der Waals surface area contributed by atoms with Crippen molar-refractivity contribution in [2.45, 2.75) is 52.5 Å². The summed E-state index contributed by atoms with van der Waals surface area (Å²) in [6.45, 7) is 8.64. The molecule has 0 bridgehead atoms. The maximum atomic E-state index is 11.4. The molecule has 1 saturated carbocycles. The Balaban J connectivity index is 0.000000456. The number of amides is 1. The van der Waals surface area contributed by atoms with Crippen LogP contribution < -0.4 is 5.32 Å². The van der Waals surface area contributed by atoms with Crippen molar-refractivity contribution in [3.8, 4) is 0 Å². The van der Waals surface area contributed by atoms with E-state index >= 15 is 0 Å². The van der Waals surface area contributed by atoms with Gasteiger partial charge in [-0.15, -0.1) is 0 Å². The van der Waals surface area contributed by atoms with Gasteiger partial charge in [0.25, 0.3) is 0 Å². The molecule has 5 heteroatoms. The number of nitrogens with one attached hydrogen (secondary N) is 1. The Morgan fingerprint density at radius 2 is 1.90 bits per heavy atom. The molecule has 1 aromatic heterocycles. The number of fused-ring (bicyclic) bond motifs is 1. The third-order valence-corrected chi connectivity index (χ3v) is 4.37. The first-order valence-electron chi connectivity index (χ1n) is 9.39. The van der Waals surface area contributed by atoms with Crippen LogP contribution in [-0.2, 0) is 4.74 Å². The Morgan fingerprint density at radius 3 is 2.52 bits per heavy atom. The zero-order valence-corrected chi connectivity index (χ0v) is 16.3. The molecule has 1 aliphatic carbocycles. The molecule has 0 spiro atoms. The molecule has 1 amide bonds. The van der Waals surface area contributed by atoms with Crippen molar-refractivity contribution in [3.63, 3.8) is 0 Å². The van der Waals surface area contributed by atoms with Crippen LogP contribution in [0.1, 0.15) is 52.5 Å². The molecule has 2 aromatic rings. The number of nitrogens with zero attached hydrogens (tertiary/aromatic N) is 2. The lowest BCUT2D eigenvalue weighted by Gasteiger charge is -2.23. The Hall–Kier alpha value is -3.40. The van der Waals surface area contributed by atoms with E-state index in [0.717, 1.165) is 16.7 Å². The van der Waals surface area contributed by atoms with Gasteiger partial charge < -0.3 is 9.30 Å². The highest BCUT2D eigenvalue weighted by molar-refractivity contribution is 5.88. The summed E-state index contributed by atoms with van der Waals surface area (Å²) in [7, 11) is 0. The average molecular weight is 392 g/mol. The van der Waals surface area contributed by atoms with E-state index in [4.69, 9.17) is 4.74 Å². The molecule has 29 heavy (non-hydrogen) atoms. The van der Waals surface area contributed by atoms with E-state index in [9.17, 15) is 4.79 Å². The van der Waals surface area contributed by atoms with E-state index in [1.165, 1.54) is 32.1 Å². The van der Waals surface area contributed by atoms with Gasteiger partial charge in [0.05, 0.1) is 24.0 Å². The predicted molar refractivity (Wildman–Crippen MR) is 118 cm³/mol. The van der Waals surface area contributed by atoms with Crippen molar-refractivity contribution in [1.82, 2.24) is 9.55 Å². The van der Waals surface area contributed by atoms with E-state index < -0.39 is 6.09 Å². The topological polar surface area (TPSA) is 56.1 Å². The average Bonchev–Trinajstić information content (AvgIpc) is 3.13. The van der Waals surface area contributed by atoms with Crippen LogP contribution in [0.5, 0.6) is 0 Å². The van der Waals surface area contributed by atoms with E-state index in [-0.39, 0.29) is 7.43 Å². The van der Waals surface area contributed by atoms with E-state index in [0.29, 0.717) is 12.6 Å². The lowest BCUT2D eigenvalue weighted by molar-refractivity contribution is 0.168. The second-order valence-electron chi connectivity index (χ2n) is 6.22. The Labute approximate surface area is 173 Å². The van der Waals surface area contributed by atoms with Crippen LogP contribution in [0.3, 0.4) is 0 Å². The van der Waals surface area contributed by atoms with Crippen molar-refractivity contribution >= 4 is 22.8 Å². The Kier molecular flexibility index (Phi) is 10.5. The lowest BCUT2D eigenvalue weighted by atomic mass is 9.95. The summed E-state index contributed by atoms with van der Waals surface area (Å²) in [5.41, 5.74) is 14.8. The third kappa shape index (κ3) is 7.26. The maximum Gasteiger partial charge on any atom is 0.411 e. The number of anilines is 1. The van der Waals surface area contributed by atoms with Gasteiger partial charge in [-0.1, -0.05) is 38.2 Å². The highest BCUT2D eigenvalue weighted by Gasteiger charge is 2.17. The van der Waals surface area contributed by atoms with Crippen molar-refractivity contribution in [1.29, 1.82) is 0 Å². The van der Waals surface area contributed by atoms with Gasteiger partial charge in [0.2, 0.25) is 0 Å². The second-order valence-corrected chi connectivity index (χ2v) is 6.22. The van der Waals surface area contributed by atoms with E-state index in [1.807, 2.05) is 24.5 Å². The molecule has 0 saturated heterocycles. The first kappa shape index (κ1) is 23.6. The molecule has 1 aromatic carbocycles. The quantitative estimate of drug-likeness (QED) is 0.623. The molecule has 5 nitrogen and oxygen atoms in total. The van der Waals surface area contributed by atoms with Crippen LogP contribution in [0.4, 0.5) is 10.5 Å². The molecule has 3 rings (SSSR count). The SMILES string of the molecule is C.C=C=C=C=C=C=C.CCOC(=O)Nc1ccc2c(c1)ncn2C1CCCCC1. The minimum atomic E-state index is -0.427. The summed E-state index contributed by atoms with van der Waals surface area (Å²) in [6, 6.07) is 6.39. The molecule has 0 unspecified atom stereocenters. The van der Waals surface area contributed by atoms with Crippen molar-refractivity contribution in [3.05, 3.63) is 66.3 Å². The number of hydrogen-bond donors (Lipinski definition) is 1. The molecular formula is C24H29N3O2. The largest absolute Gasteiger partial charge is 0.450 e. The zero-order chi connectivity index (χ0) is 20.2. The predicted octanol–water partition coefficient (Wildman–Crippen LogP) is 6.32. The van der Waals surface area contributed by atoms with Gasteiger partial charge in [0.1, 0.15) is 0 Å². The minimum Gasteiger partial charge on any atom is -0.450 e. The fourth-order valence-electron chi connectivity index (χ4n) is 3.16. The number of ether oxygens (including phenoxy) is 1. The van der Waals surface area contributed by atoms with Gasteiger partial charge in [-0.05, 0) is 68.3 Å². The first-order chi connectivity index (χ1) is 13.7. The number of carbonyl (C=O) groups excluding carboxylic acids is 1. The number of hydrogen-bond acceptors (Lipinski definition) is 3. The normalized spacial score (nSPS) is 12.4. The maximum absolute atomic E-state index is 11.4. The lowest BCUT2D eigenvalue weighted by Crippen LogP contribution is -2.13. The molecule has 1 heterocycles. The molecule has 0 radical (unpaired) electrons. The number of benzene rings is 1. The summed E-state index contributed by atoms with van der Waals surface area (Å²) < 4.78 is 7.16. The second kappa shape index (κ2) is 12.9. The van der Waals surface area contributed by atoms with Crippen LogP contribution in [-0.4, -0.2) is 22.3 Å². The molecule has 0 aliphatic heterocycles. The summed E-state index contributed by atoms with van der Waals surface area (Å²) in [6.07, 6.45) is 7.90. The van der Waals surface area contributed by atoms with Gasteiger partial charge in [0, 0.05) is 11.7 Å². The van der Waals surface area contributed by atoms with E-state index in [1.54, 1.807) is 6.92 Å². The zero-order valence-electron chi connectivity index (χ0n) is 16.3. The minimum absolute atomic E-state index is 0. The Morgan fingerprint density at radius 1 is 1.21 bits per heavy atom. The van der Waals surface area contributed by atoms with Gasteiger partial charge in [-0.2, -0.15) is 0 Å². The van der Waals surface area contributed by atoms with Gasteiger partial charge in [-0.3, -0.25) is 5.32 Å². The molecule has 152 valence electrons. The van der Waals surface area contributed by atoms with Crippen molar-refractivity contribution in [2.75, 3.05) is 11.9 Å². The van der Waals surface area contributed by atoms with Crippen LogP contribution in [0, 0.1) is 0 Å². The molecule has 1 aliphatic rings. The van der Waals surface area contributed by atoms with Crippen LogP contribution in [0.15, 0.2) is 66.3 Å². The summed E-state index contributed by atoms with van der Waals surface area (Å²) in [4.78, 5) is 15.9. The first-order valence-corrected chi connectivity index (χ1v) is 9.39. The van der Waals surface area contributed by atoms with Crippen LogP contribution in [0.25, 0.3) is 11.0 Å². The monoisotopic (exact) mass is 391 g/mol.